The number of hydrogen-bond acceptors (Lipinski definition) is 4. The van der Waals surface area contributed by atoms with Crippen LogP contribution in [0.4, 0.5) is 0 Å². The molecule has 6 nitrogen and oxygen atoms in total. The van der Waals surface area contributed by atoms with Crippen LogP contribution >= 0.6 is 0 Å². The monoisotopic (exact) mass is 318 g/mol. The third kappa shape index (κ3) is 5.32. The van der Waals surface area contributed by atoms with Crippen LogP contribution in [0.1, 0.15) is 37.0 Å². The minimum Gasteiger partial charge on any atom is -0.350 e. The van der Waals surface area contributed by atoms with Gasteiger partial charge in [0.15, 0.2) is 0 Å². The second-order valence-electron chi connectivity index (χ2n) is 7.03. The number of carbonyl (C=O) groups is 2. The van der Waals surface area contributed by atoms with Crippen molar-refractivity contribution < 1.29 is 9.59 Å². The maximum Gasteiger partial charge on any atom is 0.272 e. The number of amides is 2. The van der Waals surface area contributed by atoms with E-state index in [9.17, 15) is 9.59 Å². The fourth-order valence-electron chi connectivity index (χ4n) is 2.59. The molecule has 1 N–H and O–H groups in total. The number of pyridine rings is 1. The van der Waals surface area contributed by atoms with Crippen LogP contribution in [0, 0.1) is 6.92 Å². The average Bonchev–Trinajstić information content (AvgIpc) is 2.45. The van der Waals surface area contributed by atoms with Gasteiger partial charge in [0, 0.05) is 37.4 Å². The molecular formula is C17H26N4O2. The summed E-state index contributed by atoms with van der Waals surface area (Å²) in [4.78, 5) is 32.6. The summed E-state index contributed by atoms with van der Waals surface area (Å²) in [5, 5.41) is 2.96. The number of aromatic nitrogens is 1. The van der Waals surface area contributed by atoms with E-state index in [0.29, 0.717) is 38.4 Å². The van der Waals surface area contributed by atoms with Gasteiger partial charge in [-0.2, -0.15) is 0 Å². The van der Waals surface area contributed by atoms with E-state index in [1.165, 1.54) is 0 Å². The van der Waals surface area contributed by atoms with Crippen molar-refractivity contribution in [1.82, 2.24) is 20.1 Å². The van der Waals surface area contributed by atoms with Crippen molar-refractivity contribution >= 4 is 11.8 Å². The minimum atomic E-state index is -0.217. The smallest absolute Gasteiger partial charge is 0.272 e. The molecule has 1 saturated heterocycles. The molecule has 0 spiro atoms. The number of hydrogen-bond donors (Lipinski definition) is 1. The maximum absolute atomic E-state index is 12.4. The molecule has 2 heterocycles. The molecule has 1 fully saturated rings. The van der Waals surface area contributed by atoms with Gasteiger partial charge in [0.2, 0.25) is 5.91 Å². The summed E-state index contributed by atoms with van der Waals surface area (Å²) in [5.41, 5.74) is 1.11. The molecular weight excluding hydrogens is 292 g/mol. The third-order valence-electron chi connectivity index (χ3n) is 3.65. The zero-order chi connectivity index (χ0) is 17.0. The standard InChI is InChI=1S/C17H26N4O2/c1-13-6-5-7-14(18-13)16(23)21-10-8-20(9-11-21)12-15(22)19-17(2,3)4/h5-7H,8-12H2,1-4H3,(H,19,22). The summed E-state index contributed by atoms with van der Waals surface area (Å²) in [6, 6.07) is 5.48. The van der Waals surface area contributed by atoms with E-state index in [-0.39, 0.29) is 17.4 Å². The zero-order valence-corrected chi connectivity index (χ0v) is 14.4. The Morgan fingerprint density at radius 2 is 1.83 bits per heavy atom. The van der Waals surface area contributed by atoms with Crippen LogP contribution in [0.2, 0.25) is 0 Å². The lowest BCUT2D eigenvalue weighted by Gasteiger charge is -2.34. The van der Waals surface area contributed by atoms with Gasteiger partial charge in [0.1, 0.15) is 5.69 Å². The lowest BCUT2D eigenvalue weighted by Crippen LogP contribution is -2.52. The Labute approximate surface area is 137 Å². The molecule has 0 radical (unpaired) electrons. The van der Waals surface area contributed by atoms with Gasteiger partial charge in [-0.3, -0.25) is 14.5 Å². The molecule has 6 heteroatoms. The first-order chi connectivity index (χ1) is 10.7. The molecule has 1 aliphatic rings. The normalized spacial score (nSPS) is 16.3. The Bertz CT molecular complexity index is 572. The lowest BCUT2D eigenvalue weighted by molar-refractivity contribution is -0.124. The molecule has 1 aromatic heterocycles. The number of rotatable bonds is 3. The van der Waals surface area contributed by atoms with Crippen LogP contribution in [-0.2, 0) is 4.79 Å². The first kappa shape index (κ1) is 17.4. The summed E-state index contributed by atoms with van der Waals surface area (Å²) in [6.07, 6.45) is 0. The van der Waals surface area contributed by atoms with Crippen molar-refractivity contribution in [2.75, 3.05) is 32.7 Å². The summed E-state index contributed by atoms with van der Waals surface area (Å²) in [7, 11) is 0. The van der Waals surface area contributed by atoms with Gasteiger partial charge in [-0.1, -0.05) is 6.07 Å². The first-order valence-electron chi connectivity index (χ1n) is 8.01. The maximum atomic E-state index is 12.4. The lowest BCUT2D eigenvalue weighted by atomic mass is 10.1. The molecule has 0 aromatic carbocycles. The average molecular weight is 318 g/mol. The molecule has 2 rings (SSSR count). The van der Waals surface area contributed by atoms with Crippen LogP contribution < -0.4 is 5.32 Å². The number of nitrogens with zero attached hydrogens (tertiary/aromatic N) is 3. The van der Waals surface area contributed by atoms with Gasteiger partial charge < -0.3 is 10.2 Å². The SMILES string of the molecule is Cc1cccc(C(=O)N2CCN(CC(=O)NC(C)(C)C)CC2)n1. The van der Waals surface area contributed by atoms with E-state index in [2.05, 4.69) is 15.2 Å². The highest BCUT2D eigenvalue weighted by Crippen LogP contribution is 2.08. The van der Waals surface area contributed by atoms with Gasteiger partial charge in [-0.05, 0) is 39.8 Å². The van der Waals surface area contributed by atoms with E-state index in [1.54, 1.807) is 11.0 Å². The molecule has 0 aliphatic carbocycles. The highest BCUT2D eigenvalue weighted by atomic mass is 16.2. The summed E-state index contributed by atoms with van der Waals surface area (Å²) < 4.78 is 0. The Morgan fingerprint density at radius 1 is 1.17 bits per heavy atom. The molecule has 2 amide bonds. The summed E-state index contributed by atoms with van der Waals surface area (Å²) in [5.74, 6) is -0.00915. The minimum absolute atomic E-state index is 0.0256. The fourth-order valence-corrected chi connectivity index (χ4v) is 2.59. The predicted octanol–water partition coefficient (Wildman–Crippen LogP) is 1.06. The predicted molar refractivity (Wildman–Crippen MR) is 89.2 cm³/mol. The molecule has 0 bridgehead atoms. The second kappa shape index (κ2) is 7.08. The van der Waals surface area contributed by atoms with E-state index < -0.39 is 0 Å². The van der Waals surface area contributed by atoms with Crippen molar-refractivity contribution in [3.8, 4) is 0 Å². The zero-order valence-electron chi connectivity index (χ0n) is 14.4. The van der Waals surface area contributed by atoms with Crippen molar-refractivity contribution in [2.45, 2.75) is 33.2 Å². The molecule has 1 aliphatic heterocycles. The first-order valence-corrected chi connectivity index (χ1v) is 8.01. The van der Waals surface area contributed by atoms with E-state index >= 15 is 0 Å². The van der Waals surface area contributed by atoms with Crippen LogP contribution in [0.15, 0.2) is 18.2 Å². The van der Waals surface area contributed by atoms with Gasteiger partial charge in [0.05, 0.1) is 6.54 Å². The van der Waals surface area contributed by atoms with Crippen LogP contribution in [0.25, 0.3) is 0 Å². The van der Waals surface area contributed by atoms with E-state index in [4.69, 9.17) is 0 Å². The van der Waals surface area contributed by atoms with Gasteiger partial charge in [-0.25, -0.2) is 4.98 Å². The quantitative estimate of drug-likeness (QED) is 0.905. The van der Waals surface area contributed by atoms with Gasteiger partial charge >= 0.3 is 0 Å². The molecule has 23 heavy (non-hydrogen) atoms. The van der Waals surface area contributed by atoms with Crippen molar-refractivity contribution in [3.05, 3.63) is 29.6 Å². The molecule has 126 valence electrons. The van der Waals surface area contributed by atoms with E-state index in [1.807, 2.05) is 39.8 Å². The Kier molecular flexibility index (Phi) is 5.36. The summed E-state index contributed by atoms with van der Waals surface area (Å²) in [6.45, 7) is 10.8. The van der Waals surface area contributed by atoms with Crippen molar-refractivity contribution in [3.63, 3.8) is 0 Å². The van der Waals surface area contributed by atoms with Crippen LogP contribution in [-0.4, -0.2) is 64.9 Å². The molecule has 0 atom stereocenters. The van der Waals surface area contributed by atoms with E-state index in [0.717, 1.165) is 5.69 Å². The Morgan fingerprint density at radius 3 is 2.39 bits per heavy atom. The topological polar surface area (TPSA) is 65.5 Å². The Balaban J connectivity index is 1.84. The largest absolute Gasteiger partial charge is 0.350 e. The molecule has 0 saturated carbocycles. The molecule has 1 aromatic rings. The summed E-state index contributed by atoms with van der Waals surface area (Å²) >= 11 is 0. The Hall–Kier alpha value is -1.95. The highest BCUT2D eigenvalue weighted by Gasteiger charge is 2.24. The highest BCUT2D eigenvalue weighted by molar-refractivity contribution is 5.92. The second-order valence-corrected chi connectivity index (χ2v) is 7.03. The number of carbonyl (C=O) groups excluding carboxylic acids is 2. The number of nitrogens with one attached hydrogen (secondary N) is 1. The van der Waals surface area contributed by atoms with Crippen LogP contribution in [0.3, 0.4) is 0 Å². The van der Waals surface area contributed by atoms with Crippen molar-refractivity contribution in [2.24, 2.45) is 0 Å². The van der Waals surface area contributed by atoms with Gasteiger partial charge in [-0.15, -0.1) is 0 Å². The van der Waals surface area contributed by atoms with Gasteiger partial charge in [0.25, 0.3) is 5.91 Å². The number of aryl methyl sites for hydroxylation is 1. The third-order valence-corrected chi connectivity index (χ3v) is 3.65. The molecule has 0 unspecified atom stereocenters. The van der Waals surface area contributed by atoms with Crippen molar-refractivity contribution in [1.29, 1.82) is 0 Å². The fraction of sp³-hybridized carbons (Fsp3) is 0.588. The van der Waals surface area contributed by atoms with Crippen LogP contribution in [0.5, 0.6) is 0 Å². The number of piperazine rings is 1.